The standard InChI is InChI=1S/C8H7F7O2/c1-3-5(16)17-4(2)6(9,7(10,11)12)8(13,14)15/h3-4H,1H2,2H3. The Bertz CT molecular complexity index is 290. The number of carbonyl (C=O) groups excluding carboxylic acids is 1. The number of esters is 1. The summed E-state index contributed by atoms with van der Waals surface area (Å²) in [4.78, 5) is 10.5. The van der Waals surface area contributed by atoms with Crippen LogP contribution in [0.3, 0.4) is 0 Å². The van der Waals surface area contributed by atoms with Gasteiger partial charge in [-0.05, 0) is 6.92 Å². The fourth-order valence-electron chi connectivity index (χ4n) is 0.925. The van der Waals surface area contributed by atoms with Crippen LogP contribution in [0.25, 0.3) is 0 Å². The van der Waals surface area contributed by atoms with Crippen LogP contribution in [0.1, 0.15) is 6.92 Å². The van der Waals surface area contributed by atoms with E-state index in [-0.39, 0.29) is 6.92 Å². The Morgan fingerprint density at radius 1 is 1.12 bits per heavy atom. The highest BCUT2D eigenvalue weighted by Crippen LogP contribution is 2.49. The molecule has 0 aromatic carbocycles. The van der Waals surface area contributed by atoms with Crippen LogP contribution in [0.4, 0.5) is 30.7 Å². The summed E-state index contributed by atoms with van der Waals surface area (Å²) in [5.74, 6) is -1.59. The van der Waals surface area contributed by atoms with Gasteiger partial charge in [0.15, 0.2) is 6.10 Å². The third kappa shape index (κ3) is 2.89. The first-order valence-corrected chi connectivity index (χ1v) is 4.03. The summed E-state index contributed by atoms with van der Waals surface area (Å²) in [5, 5.41) is 0. The predicted molar refractivity (Wildman–Crippen MR) is 41.7 cm³/mol. The molecule has 0 aliphatic rings. The van der Waals surface area contributed by atoms with Gasteiger partial charge in [-0.2, -0.15) is 26.3 Å². The zero-order valence-electron chi connectivity index (χ0n) is 8.32. The molecule has 0 amide bonds. The van der Waals surface area contributed by atoms with E-state index >= 15 is 0 Å². The third-order valence-electron chi connectivity index (χ3n) is 1.84. The average Bonchev–Trinajstić information content (AvgIpc) is 2.12. The SMILES string of the molecule is C=CC(=O)OC(C)C(F)(C(F)(F)F)C(F)(F)F. The number of rotatable bonds is 3. The molecule has 0 aromatic heterocycles. The Hall–Kier alpha value is -1.28. The molecule has 0 N–H and O–H groups in total. The van der Waals surface area contributed by atoms with Crippen LogP contribution in [0.5, 0.6) is 0 Å². The lowest BCUT2D eigenvalue weighted by atomic mass is 9.98. The van der Waals surface area contributed by atoms with Gasteiger partial charge in [-0.1, -0.05) is 6.58 Å². The number of hydrogen-bond acceptors (Lipinski definition) is 2. The van der Waals surface area contributed by atoms with Crippen LogP contribution in [-0.4, -0.2) is 30.1 Å². The van der Waals surface area contributed by atoms with E-state index in [1.54, 1.807) is 0 Å². The smallest absolute Gasteiger partial charge is 0.435 e. The molecule has 0 aliphatic heterocycles. The van der Waals surface area contributed by atoms with Crippen molar-refractivity contribution < 1.29 is 40.3 Å². The second kappa shape index (κ2) is 4.53. The predicted octanol–water partition coefficient (Wildman–Crippen LogP) is 2.94. The largest absolute Gasteiger partial charge is 0.455 e. The Kier molecular flexibility index (Phi) is 4.19. The number of hydrogen-bond donors (Lipinski definition) is 0. The fourth-order valence-corrected chi connectivity index (χ4v) is 0.925. The molecule has 0 saturated heterocycles. The second-order valence-electron chi connectivity index (χ2n) is 2.99. The molecule has 0 aliphatic carbocycles. The van der Waals surface area contributed by atoms with Crippen LogP contribution in [0.15, 0.2) is 12.7 Å². The molecule has 17 heavy (non-hydrogen) atoms. The fraction of sp³-hybridized carbons (Fsp3) is 0.625. The van der Waals surface area contributed by atoms with Gasteiger partial charge in [0.1, 0.15) is 0 Å². The summed E-state index contributed by atoms with van der Waals surface area (Å²) in [6, 6.07) is 0. The molecule has 0 saturated carbocycles. The van der Waals surface area contributed by atoms with Crippen LogP contribution in [-0.2, 0) is 9.53 Å². The quantitative estimate of drug-likeness (QED) is 0.447. The van der Waals surface area contributed by atoms with Crippen molar-refractivity contribution in [2.75, 3.05) is 0 Å². The van der Waals surface area contributed by atoms with Crippen molar-refractivity contribution >= 4 is 5.97 Å². The summed E-state index contributed by atoms with van der Waals surface area (Å²) < 4.78 is 89.3. The summed E-state index contributed by atoms with van der Waals surface area (Å²) in [5.41, 5.74) is -5.63. The summed E-state index contributed by atoms with van der Waals surface area (Å²) in [7, 11) is 0. The molecular weight excluding hydrogens is 261 g/mol. The van der Waals surface area contributed by atoms with Gasteiger partial charge in [-0.25, -0.2) is 9.18 Å². The van der Waals surface area contributed by atoms with Gasteiger partial charge in [0.05, 0.1) is 0 Å². The van der Waals surface area contributed by atoms with E-state index in [4.69, 9.17) is 0 Å². The maximum absolute atomic E-state index is 13.1. The van der Waals surface area contributed by atoms with E-state index in [1.807, 2.05) is 0 Å². The summed E-state index contributed by atoms with van der Waals surface area (Å²) in [6.45, 7) is 2.92. The van der Waals surface area contributed by atoms with Crippen molar-refractivity contribution in [3.63, 3.8) is 0 Å². The van der Waals surface area contributed by atoms with Gasteiger partial charge in [0.25, 0.3) is 0 Å². The molecule has 2 nitrogen and oxygen atoms in total. The van der Waals surface area contributed by atoms with Crippen molar-refractivity contribution in [1.82, 2.24) is 0 Å². The highest BCUT2D eigenvalue weighted by atomic mass is 19.4. The topological polar surface area (TPSA) is 26.3 Å². The van der Waals surface area contributed by atoms with Gasteiger partial charge >= 0.3 is 24.0 Å². The Morgan fingerprint density at radius 3 is 1.71 bits per heavy atom. The van der Waals surface area contributed by atoms with Gasteiger partial charge in [-0.15, -0.1) is 0 Å². The Balaban J connectivity index is 5.36. The average molecular weight is 268 g/mol. The molecular formula is C8H7F7O2. The number of carbonyl (C=O) groups is 1. The zero-order valence-corrected chi connectivity index (χ0v) is 8.32. The van der Waals surface area contributed by atoms with E-state index in [0.717, 1.165) is 0 Å². The molecule has 0 bridgehead atoms. The van der Waals surface area contributed by atoms with Crippen LogP contribution < -0.4 is 0 Å². The lowest BCUT2D eigenvalue weighted by Crippen LogP contribution is -2.61. The minimum absolute atomic E-state index is 0.155. The third-order valence-corrected chi connectivity index (χ3v) is 1.84. The molecule has 0 aromatic rings. The molecule has 0 radical (unpaired) electrons. The van der Waals surface area contributed by atoms with Crippen molar-refractivity contribution in [2.24, 2.45) is 0 Å². The summed E-state index contributed by atoms with van der Waals surface area (Å²) >= 11 is 0. The Labute approximate surface area is 91.0 Å². The van der Waals surface area contributed by atoms with Crippen molar-refractivity contribution in [2.45, 2.75) is 31.0 Å². The lowest BCUT2D eigenvalue weighted by Gasteiger charge is -2.33. The van der Waals surface area contributed by atoms with Gasteiger partial charge in [-0.3, -0.25) is 0 Å². The maximum atomic E-state index is 13.1. The van der Waals surface area contributed by atoms with E-state index in [0.29, 0.717) is 6.08 Å². The first-order valence-electron chi connectivity index (χ1n) is 4.03. The summed E-state index contributed by atoms with van der Waals surface area (Å²) in [6.07, 6.45) is -15.3. The molecule has 9 heteroatoms. The van der Waals surface area contributed by atoms with Gasteiger partial charge in [0, 0.05) is 6.08 Å². The second-order valence-corrected chi connectivity index (χ2v) is 2.99. The van der Waals surface area contributed by atoms with Crippen molar-refractivity contribution in [3.8, 4) is 0 Å². The number of halogens is 7. The highest BCUT2D eigenvalue weighted by molar-refractivity contribution is 5.81. The van der Waals surface area contributed by atoms with E-state index in [9.17, 15) is 35.5 Å². The van der Waals surface area contributed by atoms with Crippen LogP contribution in [0, 0.1) is 0 Å². The molecule has 100 valence electrons. The van der Waals surface area contributed by atoms with Crippen molar-refractivity contribution in [3.05, 3.63) is 12.7 Å². The minimum atomic E-state index is -6.26. The molecule has 0 fully saturated rings. The first kappa shape index (κ1) is 15.7. The monoisotopic (exact) mass is 268 g/mol. The van der Waals surface area contributed by atoms with Crippen molar-refractivity contribution in [1.29, 1.82) is 0 Å². The first-order chi connectivity index (χ1) is 7.38. The Morgan fingerprint density at radius 2 is 1.47 bits per heavy atom. The maximum Gasteiger partial charge on any atom is 0.435 e. The highest BCUT2D eigenvalue weighted by Gasteiger charge is 2.76. The van der Waals surface area contributed by atoms with E-state index in [2.05, 4.69) is 11.3 Å². The van der Waals surface area contributed by atoms with Crippen LogP contribution >= 0.6 is 0 Å². The normalized spacial score (nSPS) is 15.3. The molecule has 0 heterocycles. The molecule has 0 rings (SSSR count). The van der Waals surface area contributed by atoms with Gasteiger partial charge in [0.2, 0.25) is 0 Å². The molecule has 0 spiro atoms. The molecule has 1 atom stereocenters. The number of ether oxygens (including phenoxy) is 1. The van der Waals surface area contributed by atoms with E-state index in [1.165, 1.54) is 0 Å². The van der Waals surface area contributed by atoms with Crippen LogP contribution in [0.2, 0.25) is 0 Å². The number of alkyl halides is 7. The van der Waals surface area contributed by atoms with E-state index < -0.39 is 30.1 Å². The zero-order chi connectivity index (χ0) is 14.1. The minimum Gasteiger partial charge on any atom is -0.455 e. The van der Waals surface area contributed by atoms with Gasteiger partial charge < -0.3 is 4.74 Å². The molecule has 1 unspecified atom stereocenters. The lowest BCUT2D eigenvalue weighted by molar-refractivity contribution is -0.362.